The standard InChI is InChI=1S/C21H17ClN2O2/c1-25-20-11-16(18-13-24-12-17(22)8-10-21(24)23-18)7-9-19(20)26-14-15-5-3-2-4-6-15/h2-13H,14H2,1H3. The number of imidazole rings is 1. The Morgan fingerprint density at radius 3 is 2.62 bits per heavy atom. The molecule has 0 atom stereocenters. The molecule has 0 fully saturated rings. The van der Waals surface area contributed by atoms with Crippen molar-refractivity contribution in [2.45, 2.75) is 6.61 Å². The molecule has 2 aromatic heterocycles. The Hall–Kier alpha value is -2.98. The summed E-state index contributed by atoms with van der Waals surface area (Å²) in [5.74, 6) is 1.38. The van der Waals surface area contributed by atoms with Gasteiger partial charge < -0.3 is 13.9 Å². The number of hydrogen-bond donors (Lipinski definition) is 0. The minimum atomic E-state index is 0.489. The van der Waals surface area contributed by atoms with E-state index in [0.29, 0.717) is 23.1 Å². The van der Waals surface area contributed by atoms with Crippen molar-refractivity contribution < 1.29 is 9.47 Å². The molecule has 0 N–H and O–H groups in total. The van der Waals surface area contributed by atoms with Gasteiger partial charge in [0.1, 0.15) is 12.3 Å². The fourth-order valence-electron chi connectivity index (χ4n) is 2.79. The van der Waals surface area contributed by atoms with E-state index in [1.165, 1.54) is 0 Å². The summed E-state index contributed by atoms with van der Waals surface area (Å²) < 4.78 is 13.3. The molecule has 4 rings (SSSR count). The van der Waals surface area contributed by atoms with E-state index in [1.807, 2.05) is 77.5 Å². The summed E-state index contributed by atoms with van der Waals surface area (Å²) in [5.41, 5.74) is 3.75. The second kappa shape index (κ2) is 7.10. The Morgan fingerprint density at radius 2 is 1.81 bits per heavy atom. The van der Waals surface area contributed by atoms with Gasteiger partial charge in [0.05, 0.1) is 17.8 Å². The monoisotopic (exact) mass is 364 g/mol. The van der Waals surface area contributed by atoms with E-state index in [-0.39, 0.29) is 0 Å². The Morgan fingerprint density at radius 1 is 0.962 bits per heavy atom. The topological polar surface area (TPSA) is 35.8 Å². The fourth-order valence-corrected chi connectivity index (χ4v) is 2.95. The van der Waals surface area contributed by atoms with Crippen molar-refractivity contribution in [1.29, 1.82) is 0 Å². The summed E-state index contributed by atoms with van der Waals surface area (Å²) in [7, 11) is 1.64. The molecule has 2 aromatic carbocycles. The smallest absolute Gasteiger partial charge is 0.161 e. The zero-order chi connectivity index (χ0) is 17.9. The van der Waals surface area contributed by atoms with Gasteiger partial charge in [-0.15, -0.1) is 0 Å². The molecule has 0 amide bonds. The maximum absolute atomic E-state index is 6.04. The zero-order valence-electron chi connectivity index (χ0n) is 14.2. The molecule has 0 aliphatic carbocycles. The molecule has 0 spiro atoms. The van der Waals surface area contributed by atoms with Gasteiger partial charge in [-0.05, 0) is 35.9 Å². The number of rotatable bonds is 5. The molecule has 0 saturated heterocycles. The van der Waals surface area contributed by atoms with Crippen LogP contribution in [-0.4, -0.2) is 16.5 Å². The number of hydrogen-bond acceptors (Lipinski definition) is 3. The normalized spacial score (nSPS) is 10.8. The van der Waals surface area contributed by atoms with Crippen molar-refractivity contribution in [3.63, 3.8) is 0 Å². The molecule has 26 heavy (non-hydrogen) atoms. The van der Waals surface area contributed by atoms with Gasteiger partial charge in [-0.3, -0.25) is 0 Å². The average Bonchev–Trinajstić information content (AvgIpc) is 3.10. The van der Waals surface area contributed by atoms with E-state index in [9.17, 15) is 0 Å². The van der Waals surface area contributed by atoms with Crippen LogP contribution in [0.15, 0.2) is 73.1 Å². The first-order chi connectivity index (χ1) is 12.7. The van der Waals surface area contributed by atoms with Crippen LogP contribution in [0, 0.1) is 0 Å². The second-order valence-electron chi connectivity index (χ2n) is 5.88. The highest BCUT2D eigenvalue weighted by molar-refractivity contribution is 6.30. The van der Waals surface area contributed by atoms with Gasteiger partial charge in [-0.1, -0.05) is 41.9 Å². The summed E-state index contributed by atoms with van der Waals surface area (Å²) in [4.78, 5) is 4.63. The minimum Gasteiger partial charge on any atom is -0.493 e. The van der Waals surface area contributed by atoms with E-state index in [0.717, 1.165) is 22.5 Å². The summed E-state index contributed by atoms with van der Waals surface area (Å²) in [5, 5.41) is 0.670. The molecule has 2 heterocycles. The molecule has 0 saturated carbocycles. The van der Waals surface area contributed by atoms with Gasteiger partial charge in [0, 0.05) is 18.0 Å². The van der Waals surface area contributed by atoms with Gasteiger partial charge in [0.25, 0.3) is 0 Å². The minimum absolute atomic E-state index is 0.489. The lowest BCUT2D eigenvalue weighted by molar-refractivity contribution is 0.284. The van der Waals surface area contributed by atoms with Crippen molar-refractivity contribution in [2.75, 3.05) is 7.11 Å². The highest BCUT2D eigenvalue weighted by Gasteiger charge is 2.10. The van der Waals surface area contributed by atoms with Gasteiger partial charge in [-0.25, -0.2) is 4.98 Å². The number of pyridine rings is 1. The predicted molar refractivity (Wildman–Crippen MR) is 103 cm³/mol. The third kappa shape index (κ3) is 3.37. The molecular weight excluding hydrogens is 348 g/mol. The Balaban J connectivity index is 1.61. The molecule has 5 heteroatoms. The molecule has 130 valence electrons. The first-order valence-electron chi connectivity index (χ1n) is 8.22. The quantitative estimate of drug-likeness (QED) is 0.485. The van der Waals surface area contributed by atoms with E-state index in [1.54, 1.807) is 7.11 Å². The zero-order valence-corrected chi connectivity index (χ0v) is 15.0. The molecule has 4 aromatic rings. The molecule has 0 unspecified atom stereocenters. The summed E-state index contributed by atoms with van der Waals surface area (Å²) in [6.45, 7) is 0.489. The van der Waals surface area contributed by atoms with Crippen LogP contribution in [-0.2, 0) is 6.61 Å². The SMILES string of the molecule is COc1cc(-c2cn3cc(Cl)ccc3n2)ccc1OCc1ccccc1. The summed E-state index contributed by atoms with van der Waals surface area (Å²) in [6, 6.07) is 19.6. The van der Waals surface area contributed by atoms with Crippen molar-refractivity contribution in [2.24, 2.45) is 0 Å². The largest absolute Gasteiger partial charge is 0.493 e. The molecular formula is C21H17ClN2O2. The van der Waals surface area contributed by atoms with Gasteiger partial charge in [-0.2, -0.15) is 0 Å². The highest BCUT2D eigenvalue weighted by atomic mass is 35.5. The predicted octanol–water partition coefficient (Wildman–Crippen LogP) is 5.24. The lowest BCUT2D eigenvalue weighted by atomic mass is 10.1. The second-order valence-corrected chi connectivity index (χ2v) is 6.32. The maximum atomic E-state index is 6.04. The highest BCUT2D eigenvalue weighted by Crippen LogP contribution is 2.33. The number of ether oxygens (including phenoxy) is 2. The average molecular weight is 365 g/mol. The van der Waals surface area contributed by atoms with Gasteiger partial charge in [0.15, 0.2) is 11.5 Å². The lowest BCUT2D eigenvalue weighted by Crippen LogP contribution is -1.97. The van der Waals surface area contributed by atoms with Crippen LogP contribution in [0.5, 0.6) is 11.5 Å². The third-order valence-corrected chi connectivity index (χ3v) is 4.34. The Kier molecular flexibility index (Phi) is 4.50. The summed E-state index contributed by atoms with van der Waals surface area (Å²) >= 11 is 6.04. The fraction of sp³-hybridized carbons (Fsp3) is 0.0952. The number of benzene rings is 2. The van der Waals surface area contributed by atoms with Crippen molar-refractivity contribution in [1.82, 2.24) is 9.38 Å². The van der Waals surface area contributed by atoms with Crippen LogP contribution in [0.4, 0.5) is 0 Å². The number of fused-ring (bicyclic) bond motifs is 1. The number of methoxy groups -OCH3 is 1. The van der Waals surface area contributed by atoms with Crippen LogP contribution in [0.1, 0.15) is 5.56 Å². The maximum Gasteiger partial charge on any atom is 0.161 e. The first-order valence-corrected chi connectivity index (χ1v) is 8.60. The van der Waals surface area contributed by atoms with Crippen LogP contribution in [0.2, 0.25) is 5.02 Å². The van der Waals surface area contributed by atoms with Gasteiger partial charge >= 0.3 is 0 Å². The Bertz CT molecular complexity index is 1040. The van der Waals surface area contributed by atoms with Crippen molar-refractivity contribution in [3.05, 3.63) is 83.6 Å². The van der Waals surface area contributed by atoms with Crippen molar-refractivity contribution >= 4 is 17.2 Å². The van der Waals surface area contributed by atoms with E-state index < -0.39 is 0 Å². The third-order valence-electron chi connectivity index (χ3n) is 4.11. The lowest BCUT2D eigenvalue weighted by Gasteiger charge is -2.11. The molecule has 0 aliphatic rings. The van der Waals surface area contributed by atoms with E-state index in [4.69, 9.17) is 21.1 Å². The molecule has 0 aliphatic heterocycles. The van der Waals surface area contributed by atoms with E-state index >= 15 is 0 Å². The van der Waals surface area contributed by atoms with E-state index in [2.05, 4.69) is 4.98 Å². The van der Waals surface area contributed by atoms with Crippen LogP contribution >= 0.6 is 11.6 Å². The Labute approximate surface area is 156 Å². The number of halogens is 1. The number of aromatic nitrogens is 2. The van der Waals surface area contributed by atoms with Gasteiger partial charge in [0.2, 0.25) is 0 Å². The summed E-state index contributed by atoms with van der Waals surface area (Å²) in [6.07, 6.45) is 3.78. The molecule has 0 bridgehead atoms. The first kappa shape index (κ1) is 16.5. The van der Waals surface area contributed by atoms with Crippen LogP contribution in [0.25, 0.3) is 16.9 Å². The van der Waals surface area contributed by atoms with Crippen molar-refractivity contribution in [3.8, 4) is 22.8 Å². The molecule has 4 nitrogen and oxygen atoms in total. The number of nitrogens with zero attached hydrogens (tertiary/aromatic N) is 2. The van der Waals surface area contributed by atoms with Crippen LogP contribution < -0.4 is 9.47 Å². The van der Waals surface area contributed by atoms with Crippen LogP contribution in [0.3, 0.4) is 0 Å². The molecule has 0 radical (unpaired) electrons.